The molecule has 0 bridgehead atoms. The van der Waals surface area contributed by atoms with Gasteiger partial charge in [0.05, 0.1) is 81.5 Å². The lowest BCUT2D eigenvalue weighted by molar-refractivity contribution is 0.682. The molecule has 0 atom stereocenters. The van der Waals surface area contributed by atoms with E-state index in [4.69, 9.17) is 0 Å². The normalized spacial score (nSPS) is 10.7. The molecule has 1 aliphatic heterocycles. The van der Waals surface area contributed by atoms with Gasteiger partial charge in [-0.1, -0.05) is 30.3 Å². The zero-order valence-electron chi connectivity index (χ0n) is 41.8. The molecule has 0 unspecified atom stereocenters. The van der Waals surface area contributed by atoms with E-state index in [0.717, 1.165) is 43.0 Å². The predicted octanol–water partition coefficient (Wildman–Crippen LogP) is 14.9. The minimum absolute atomic E-state index is 0.850. The maximum atomic E-state index is 4.28. The number of aliphatic imine (C=N–C) groups is 1. The van der Waals surface area contributed by atoms with Crippen LogP contribution < -0.4 is 0 Å². The van der Waals surface area contributed by atoms with Gasteiger partial charge >= 0.3 is 0 Å². The molecule has 1 aliphatic carbocycles. The Labute approximate surface area is 479 Å². The highest BCUT2D eigenvalue weighted by atomic mass is 32.1. The molecule has 2 aliphatic rings. The van der Waals surface area contributed by atoms with Crippen LogP contribution in [0.4, 0.5) is 0 Å². The standard InChI is InChI=1S/C7H9NS.C7H5NS.3C6H4N2S.2C5H5N.C4H4N2.C4H5N.2C3H3NS/c2*1-2-4-7-6(3-1)8-5-9-7;1-2-7-3-6-5(1)8-4-9-6;1-2-5-6(7-3-1)8-4-9-5;1-2-5-6(7-3-1)9-4-8-5;2*1-2-4-6-5-3-1;1-2-5-4-6-3-1;1-2-4-5-3-1;2*1-2-5-3-4-1/h5H,1-4H2;1-5H;3*1-4H;2*1-5H;1-4H;1-3H,4H2;2*1-3H. The SMILES string of the molecule is C1=CCN=C1.c1cc2ncsc2cn1.c1ccc2scnc2c1.c1ccncc1.c1ccncc1.c1cnc2ncsc2c1.c1cnc2scnc2c1.c1cncnc1.c1cscn1.c1cscn1.c1nc2c(s1)CCCC2. The largest absolute Gasteiger partial charge is 0.289 e. The fourth-order valence-electron chi connectivity index (χ4n) is 5.74. The van der Waals surface area contributed by atoms with Crippen LogP contribution in [0.2, 0.25) is 0 Å². The number of thiazole rings is 7. The number of aryl methyl sites for hydroxylation is 2. The van der Waals surface area contributed by atoms with Gasteiger partial charge in [-0.3, -0.25) is 29.9 Å². The van der Waals surface area contributed by atoms with Crippen molar-refractivity contribution in [1.29, 1.82) is 0 Å². The number of fused-ring (bicyclic) bond motifs is 5. The zero-order valence-corrected chi connectivity index (χ0v) is 47.5. The Morgan fingerprint density at radius 1 is 0.372 bits per heavy atom. The van der Waals surface area contributed by atoms with Gasteiger partial charge < -0.3 is 0 Å². The van der Waals surface area contributed by atoms with Gasteiger partial charge in [-0.15, -0.1) is 79.4 Å². The van der Waals surface area contributed by atoms with Crippen molar-refractivity contribution in [2.24, 2.45) is 4.99 Å². The van der Waals surface area contributed by atoms with Crippen LogP contribution in [-0.4, -0.2) is 82.5 Å². The summed E-state index contributed by atoms with van der Waals surface area (Å²) in [4.78, 5) is 61.5. The van der Waals surface area contributed by atoms with E-state index in [1.165, 1.54) is 47.3 Å². The Morgan fingerprint density at radius 2 is 0.974 bits per heavy atom. The van der Waals surface area contributed by atoms with Gasteiger partial charge in [0.1, 0.15) is 11.2 Å². The second kappa shape index (κ2) is 39.3. The van der Waals surface area contributed by atoms with E-state index in [0.29, 0.717) is 0 Å². The van der Waals surface area contributed by atoms with Gasteiger partial charge in [0.15, 0.2) is 5.65 Å². The van der Waals surface area contributed by atoms with Crippen LogP contribution in [0, 0.1) is 0 Å². The van der Waals surface area contributed by atoms with Crippen molar-refractivity contribution < 1.29 is 0 Å². The Kier molecular flexibility index (Phi) is 29.8. The van der Waals surface area contributed by atoms with E-state index < -0.39 is 0 Å². The third-order valence-corrected chi connectivity index (χ3v) is 14.3. The fourth-order valence-corrected chi connectivity index (χ4v) is 9.88. The smallest absolute Gasteiger partial charge is 0.170 e. The van der Waals surface area contributed by atoms with Crippen molar-refractivity contribution in [3.63, 3.8) is 0 Å². The number of pyridine rings is 5. The first-order chi connectivity index (χ1) is 38.8. The highest BCUT2D eigenvalue weighted by Crippen LogP contribution is 2.23. The first-order valence-corrected chi connectivity index (χ1v) is 29.9. The van der Waals surface area contributed by atoms with Crippen molar-refractivity contribution in [2.45, 2.75) is 25.7 Å². The van der Waals surface area contributed by atoms with E-state index in [1.807, 2.05) is 142 Å². The van der Waals surface area contributed by atoms with Gasteiger partial charge in [-0.2, -0.15) is 0 Å². The number of rotatable bonds is 0. The van der Waals surface area contributed by atoms with Gasteiger partial charge in [-0.25, -0.2) is 44.9 Å². The molecular formula is C56H51N15S7. The number of aromatic nitrogens is 14. The van der Waals surface area contributed by atoms with Crippen molar-refractivity contribution in [3.8, 4) is 0 Å². The van der Waals surface area contributed by atoms with Gasteiger partial charge in [0, 0.05) is 96.2 Å². The van der Waals surface area contributed by atoms with Crippen LogP contribution in [0.15, 0.2) is 244 Å². The molecule has 14 aromatic rings. The molecule has 13 aromatic heterocycles. The summed E-state index contributed by atoms with van der Waals surface area (Å²) in [6.45, 7) is 0.889. The van der Waals surface area contributed by atoms with Crippen molar-refractivity contribution in [1.82, 2.24) is 69.8 Å². The summed E-state index contributed by atoms with van der Waals surface area (Å²) >= 11 is 11.5. The van der Waals surface area contributed by atoms with Gasteiger partial charge in [0.25, 0.3) is 0 Å². The summed E-state index contributed by atoms with van der Waals surface area (Å²) in [5.41, 5.74) is 18.2. The summed E-state index contributed by atoms with van der Waals surface area (Å²) in [5.74, 6) is 0. The summed E-state index contributed by atoms with van der Waals surface area (Å²) in [5, 5.41) is 3.86. The molecule has 0 N–H and O–H groups in total. The lowest BCUT2D eigenvalue weighted by atomic mass is 10.0. The number of nitrogens with zero attached hydrogens (tertiary/aromatic N) is 15. The van der Waals surface area contributed by atoms with Gasteiger partial charge in [0.2, 0.25) is 0 Å². The van der Waals surface area contributed by atoms with Crippen LogP contribution in [-0.2, 0) is 12.8 Å². The van der Waals surface area contributed by atoms with Crippen LogP contribution in [0.5, 0.6) is 0 Å². The van der Waals surface area contributed by atoms with Crippen LogP contribution in [0.3, 0.4) is 0 Å². The lowest BCUT2D eigenvalue weighted by Crippen LogP contribution is -1.98. The molecular weight excluding hydrogens is 1110 g/mol. The van der Waals surface area contributed by atoms with E-state index in [2.05, 4.69) is 80.8 Å². The highest BCUT2D eigenvalue weighted by molar-refractivity contribution is 7.17. The Balaban J connectivity index is 0.000000140. The van der Waals surface area contributed by atoms with Crippen molar-refractivity contribution in [2.75, 3.05) is 6.54 Å². The number of hydrogen-bond acceptors (Lipinski definition) is 22. The maximum absolute atomic E-state index is 4.28. The minimum Gasteiger partial charge on any atom is -0.289 e. The molecule has 78 heavy (non-hydrogen) atoms. The van der Waals surface area contributed by atoms with Crippen LogP contribution in [0.1, 0.15) is 23.4 Å². The van der Waals surface area contributed by atoms with E-state index in [-0.39, 0.29) is 0 Å². The summed E-state index contributed by atoms with van der Waals surface area (Å²) < 4.78 is 3.56. The molecule has 16 rings (SSSR count). The molecule has 0 amide bonds. The Morgan fingerprint density at radius 3 is 1.51 bits per heavy atom. The average molecular weight is 1160 g/mol. The molecule has 1 aromatic carbocycles. The zero-order chi connectivity index (χ0) is 53.9. The summed E-state index contributed by atoms with van der Waals surface area (Å²) in [6.07, 6.45) is 33.5. The lowest BCUT2D eigenvalue weighted by Gasteiger charge is -2.06. The monoisotopic (exact) mass is 1160 g/mol. The van der Waals surface area contributed by atoms with E-state index in [9.17, 15) is 0 Å². The molecule has 0 spiro atoms. The van der Waals surface area contributed by atoms with E-state index >= 15 is 0 Å². The number of para-hydroxylation sites is 1. The van der Waals surface area contributed by atoms with Crippen molar-refractivity contribution in [3.05, 3.63) is 250 Å². The molecule has 0 saturated heterocycles. The van der Waals surface area contributed by atoms with Crippen LogP contribution in [0.25, 0.3) is 41.1 Å². The third-order valence-electron chi connectivity index (χ3n) is 9.22. The second-order valence-electron chi connectivity index (χ2n) is 14.5. The van der Waals surface area contributed by atoms with E-state index in [1.54, 1.807) is 171 Å². The summed E-state index contributed by atoms with van der Waals surface area (Å²) in [7, 11) is 0. The number of hydrogen-bond donors (Lipinski definition) is 0. The Bertz CT molecular complexity index is 2980. The second-order valence-corrected chi connectivity index (χ2v) is 20.5. The number of allylic oxidation sites excluding steroid dienone is 1. The first-order valence-electron chi connectivity index (χ1n) is 23.6. The molecule has 0 fully saturated rings. The quantitative estimate of drug-likeness (QED) is 0.139. The van der Waals surface area contributed by atoms with Crippen molar-refractivity contribution >= 4 is 127 Å². The molecule has 0 radical (unpaired) electrons. The molecule has 392 valence electrons. The molecule has 0 saturated carbocycles. The third kappa shape index (κ3) is 25.2. The fraction of sp³-hybridized carbons (Fsp3) is 0.0893. The topological polar surface area (TPSA) is 193 Å². The number of benzene rings is 1. The van der Waals surface area contributed by atoms with Gasteiger partial charge in [-0.05, 0) is 105 Å². The first kappa shape index (κ1) is 59.2. The predicted molar refractivity (Wildman–Crippen MR) is 328 cm³/mol. The highest BCUT2D eigenvalue weighted by Gasteiger charge is 2.10. The minimum atomic E-state index is 0.850. The van der Waals surface area contributed by atoms with Crippen LogP contribution >= 0.6 is 79.4 Å². The molecule has 15 nitrogen and oxygen atoms in total. The summed E-state index contributed by atoms with van der Waals surface area (Å²) in [6, 6.07) is 31.0. The average Bonchev–Trinajstić information content (AvgIpc) is 4.38. The molecule has 14 heterocycles. The Hall–Kier alpha value is -8.09. The molecule has 22 heteroatoms. The maximum Gasteiger partial charge on any atom is 0.170 e.